The van der Waals surface area contributed by atoms with E-state index in [1.54, 1.807) is 12.4 Å². The predicted molar refractivity (Wildman–Crippen MR) is 88.0 cm³/mol. The fourth-order valence-electron chi connectivity index (χ4n) is 2.16. The van der Waals surface area contributed by atoms with Crippen LogP contribution in [0.5, 0.6) is 5.75 Å². The molecule has 1 aromatic carbocycles. The average molecular weight is 350 g/mol. The minimum Gasteiger partial charge on any atom is -0.489 e. The predicted octanol–water partition coefficient (Wildman–Crippen LogP) is 3.49. The van der Waals surface area contributed by atoms with E-state index in [1.165, 1.54) is 5.56 Å². The first-order valence-electron chi connectivity index (χ1n) is 6.85. The number of aryl methyl sites for hydroxylation is 1. The van der Waals surface area contributed by atoms with Crippen LogP contribution in [0, 0.1) is 6.92 Å². The topological polar surface area (TPSA) is 60.2 Å². The molecule has 0 aliphatic carbocycles. The largest absolute Gasteiger partial charge is 0.489 e. The maximum Gasteiger partial charge on any atom is 0.138 e. The molecule has 2 rings (SSSR count). The number of nitrogens with zero attached hydrogens (tertiary/aromatic N) is 1. The van der Waals surface area contributed by atoms with Crippen LogP contribution in [-0.2, 0) is 0 Å². The van der Waals surface area contributed by atoms with Crippen molar-refractivity contribution in [1.82, 2.24) is 10.4 Å². The van der Waals surface area contributed by atoms with E-state index in [9.17, 15) is 0 Å². The van der Waals surface area contributed by atoms with Crippen LogP contribution in [0.3, 0.4) is 0 Å². The van der Waals surface area contributed by atoms with Gasteiger partial charge >= 0.3 is 0 Å². The van der Waals surface area contributed by atoms with Crippen molar-refractivity contribution >= 4 is 15.9 Å². The molecule has 2 aromatic rings. The van der Waals surface area contributed by atoms with Gasteiger partial charge in [-0.15, -0.1) is 0 Å². The molecule has 0 fully saturated rings. The second kappa shape index (κ2) is 7.02. The molecule has 5 heteroatoms. The lowest BCUT2D eigenvalue weighted by Crippen LogP contribution is -2.29. The number of nitrogens with one attached hydrogen (secondary N) is 1. The number of ether oxygens (including phenoxy) is 1. The van der Waals surface area contributed by atoms with E-state index >= 15 is 0 Å². The first kappa shape index (κ1) is 15.9. The summed E-state index contributed by atoms with van der Waals surface area (Å²) in [5.74, 6) is 6.50. The average Bonchev–Trinajstić information content (AvgIpc) is 2.41. The zero-order valence-electron chi connectivity index (χ0n) is 12.4. The number of benzene rings is 1. The van der Waals surface area contributed by atoms with Crippen molar-refractivity contribution in [2.24, 2.45) is 5.84 Å². The molecule has 0 aliphatic rings. The Hall–Kier alpha value is -1.43. The van der Waals surface area contributed by atoms with Gasteiger partial charge in [0.2, 0.25) is 0 Å². The molecule has 1 unspecified atom stereocenters. The molecule has 4 nitrogen and oxygen atoms in total. The Morgan fingerprint density at radius 1 is 1.24 bits per heavy atom. The first-order chi connectivity index (χ1) is 10.0. The number of rotatable bonds is 5. The van der Waals surface area contributed by atoms with Gasteiger partial charge in [-0.25, -0.2) is 5.43 Å². The summed E-state index contributed by atoms with van der Waals surface area (Å²) in [6, 6.07) is 8.00. The Balaban J connectivity index is 2.37. The van der Waals surface area contributed by atoms with Crippen LogP contribution >= 0.6 is 15.9 Å². The Labute approximate surface area is 133 Å². The van der Waals surface area contributed by atoms with Crippen molar-refractivity contribution in [2.75, 3.05) is 0 Å². The maximum atomic E-state index is 5.76. The second-order valence-electron chi connectivity index (χ2n) is 5.25. The summed E-state index contributed by atoms with van der Waals surface area (Å²) in [5.41, 5.74) is 6.06. The zero-order valence-corrected chi connectivity index (χ0v) is 14.0. The molecule has 0 spiro atoms. The van der Waals surface area contributed by atoms with Crippen LogP contribution in [0.1, 0.15) is 36.6 Å². The molecule has 1 atom stereocenters. The summed E-state index contributed by atoms with van der Waals surface area (Å²) in [7, 11) is 0. The van der Waals surface area contributed by atoms with Crippen LogP contribution in [0.2, 0.25) is 0 Å². The van der Waals surface area contributed by atoms with Gasteiger partial charge in [0, 0.05) is 10.7 Å². The molecule has 0 amide bonds. The third kappa shape index (κ3) is 4.03. The Kier molecular flexibility index (Phi) is 5.33. The van der Waals surface area contributed by atoms with Crippen LogP contribution in [-0.4, -0.2) is 11.1 Å². The number of pyridine rings is 1. The zero-order chi connectivity index (χ0) is 15.4. The minimum absolute atomic E-state index is 0.109. The molecule has 0 bridgehead atoms. The van der Waals surface area contributed by atoms with Crippen molar-refractivity contribution in [3.8, 4) is 5.75 Å². The number of hydrogen-bond acceptors (Lipinski definition) is 4. The van der Waals surface area contributed by atoms with Gasteiger partial charge in [0.1, 0.15) is 5.75 Å². The molecule has 0 saturated carbocycles. The third-order valence-electron chi connectivity index (χ3n) is 3.07. The smallest absolute Gasteiger partial charge is 0.138 e. The van der Waals surface area contributed by atoms with E-state index < -0.39 is 0 Å². The van der Waals surface area contributed by atoms with Gasteiger partial charge in [-0.1, -0.05) is 28.1 Å². The van der Waals surface area contributed by atoms with Gasteiger partial charge in [-0.05, 0) is 49.6 Å². The summed E-state index contributed by atoms with van der Waals surface area (Å²) in [6.45, 7) is 6.03. The molecule has 21 heavy (non-hydrogen) atoms. The summed E-state index contributed by atoms with van der Waals surface area (Å²) in [4.78, 5) is 4.24. The minimum atomic E-state index is -0.150. The Morgan fingerprint density at radius 2 is 2.00 bits per heavy atom. The maximum absolute atomic E-state index is 5.76. The quantitative estimate of drug-likeness (QED) is 0.640. The van der Waals surface area contributed by atoms with E-state index in [0.29, 0.717) is 0 Å². The lowest BCUT2D eigenvalue weighted by molar-refractivity contribution is 0.241. The summed E-state index contributed by atoms with van der Waals surface area (Å²) < 4.78 is 6.71. The summed E-state index contributed by atoms with van der Waals surface area (Å²) >= 11 is 3.60. The van der Waals surface area contributed by atoms with Gasteiger partial charge in [-0.3, -0.25) is 10.8 Å². The number of nitrogens with two attached hydrogens (primary N) is 1. The van der Waals surface area contributed by atoms with Crippen molar-refractivity contribution in [2.45, 2.75) is 32.9 Å². The highest BCUT2D eigenvalue weighted by atomic mass is 79.9. The van der Waals surface area contributed by atoms with Gasteiger partial charge in [0.25, 0.3) is 0 Å². The summed E-state index contributed by atoms with van der Waals surface area (Å²) in [5, 5.41) is 0. The van der Waals surface area contributed by atoms with Crippen molar-refractivity contribution < 1.29 is 4.74 Å². The van der Waals surface area contributed by atoms with Crippen LogP contribution in [0.15, 0.2) is 41.1 Å². The number of aromatic nitrogens is 1. The molecule has 0 saturated heterocycles. The van der Waals surface area contributed by atoms with E-state index in [2.05, 4.69) is 51.5 Å². The van der Waals surface area contributed by atoms with Crippen LogP contribution < -0.4 is 16.0 Å². The van der Waals surface area contributed by atoms with E-state index in [0.717, 1.165) is 21.3 Å². The second-order valence-corrected chi connectivity index (χ2v) is 6.10. The molecular formula is C16H20BrN3O. The number of hydrazine groups is 1. The van der Waals surface area contributed by atoms with E-state index in [1.807, 2.05) is 19.9 Å². The van der Waals surface area contributed by atoms with Gasteiger partial charge in [0.05, 0.1) is 18.3 Å². The standard InChI is InChI=1S/C16H20BrN3O/c1-10(2)21-13-7-12(8-19-9-13)16(20-18)14-5-4-11(3)6-15(14)17/h4-10,16,20H,18H2,1-3H3. The molecule has 0 radical (unpaired) electrons. The van der Waals surface area contributed by atoms with Crippen LogP contribution in [0.25, 0.3) is 0 Å². The SMILES string of the molecule is Cc1ccc(C(NN)c2cncc(OC(C)C)c2)c(Br)c1. The number of hydrogen-bond donors (Lipinski definition) is 2. The van der Waals surface area contributed by atoms with Crippen molar-refractivity contribution in [1.29, 1.82) is 0 Å². The lowest BCUT2D eigenvalue weighted by atomic mass is 9.99. The highest BCUT2D eigenvalue weighted by Gasteiger charge is 2.16. The lowest BCUT2D eigenvalue weighted by Gasteiger charge is -2.19. The monoisotopic (exact) mass is 349 g/mol. The van der Waals surface area contributed by atoms with Gasteiger partial charge in [-0.2, -0.15) is 0 Å². The molecular weight excluding hydrogens is 330 g/mol. The molecule has 112 valence electrons. The van der Waals surface area contributed by atoms with Crippen LogP contribution in [0.4, 0.5) is 0 Å². The molecule has 3 N–H and O–H groups in total. The molecule has 0 aliphatic heterocycles. The Morgan fingerprint density at radius 3 is 2.62 bits per heavy atom. The van der Waals surface area contributed by atoms with Gasteiger partial charge in [0.15, 0.2) is 0 Å². The highest BCUT2D eigenvalue weighted by Crippen LogP contribution is 2.30. The third-order valence-corrected chi connectivity index (χ3v) is 3.76. The van der Waals surface area contributed by atoms with Crippen molar-refractivity contribution in [3.63, 3.8) is 0 Å². The number of halogens is 1. The van der Waals surface area contributed by atoms with E-state index in [-0.39, 0.29) is 12.1 Å². The fraction of sp³-hybridized carbons (Fsp3) is 0.312. The molecule has 1 aromatic heterocycles. The van der Waals surface area contributed by atoms with Gasteiger partial charge < -0.3 is 4.74 Å². The van der Waals surface area contributed by atoms with E-state index in [4.69, 9.17) is 10.6 Å². The molecule has 1 heterocycles. The normalized spacial score (nSPS) is 12.5. The fourth-order valence-corrected chi connectivity index (χ4v) is 2.88. The summed E-state index contributed by atoms with van der Waals surface area (Å²) in [6.07, 6.45) is 3.61. The Bertz CT molecular complexity index is 616. The first-order valence-corrected chi connectivity index (χ1v) is 7.64. The highest BCUT2D eigenvalue weighted by molar-refractivity contribution is 9.10. The van der Waals surface area contributed by atoms with Crippen molar-refractivity contribution in [3.05, 3.63) is 57.8 Å².